The van der Waals surface area contributed by atoms with Gasteiger partial charge < -0.3 is 10.3 Å². The summed E-state index contributed by atoms with van der Waals surface area (Å²) in [5, 5.41) is 0.241. The first-order chi connectivity index (χ1) is 8.47. The van der Waals surface area contributed by atoms with Crippen LogP contribution < -0.4 is 11.3 Å². The molecule has 0 aliphatic rings. The predicted molar refractivity (Wildman–Crippen MR) is 73.5 cm³/mol. The predicted octanol–water partition coefficient (Wildman–Crippen LogP) is 2.14. The Hall–Kier alpha value is -1.33. The van der Waals surface area contributed by atoms with Crippen molar-refractivity contribution in [3.05, 3.63) is 22.8 Å². The summed E-state index contributed by atoms with van der Waals surface area (Å²) in [6, 6.07) is 3.12. The second-order valence-electron chi connectivity index (χ2n) is 4.41. The zero-order valence-electron chi connectivity index (χ0n) is 10.9. The molecule has 0 bridgehead atoms. The van der Waals surface area contributed by atoms with E-state index in [1.807, 2.05) is 0 Å². The van der Waals surface area contributed by atoms with Gasteiger partial charge in [-0.2, -0.15) is 0 Å². The number of aromatic nitrogens is 1. The maximum Gasteiger partial charge on any atom is 0.253 e. The molecule has 0 radical (unpaired) electrons. The van der Waals surface area contributed by atoms with Gasteiger partial charge >= 0.3 is 0 Å². The van der Waals surface area contributed by atoms with Crippen LogP contribution in [0, 0.1) is 5.92 Å². The number of nitrogens with zero attached hydrogens (tertiary/aromatic N) is 2. The summed E-state index contributed by atoms with van der Waals surface area (Å²) in [7, 11) is 1.78. The fraction of sp³-hybridized carbons (Fsp3) is 0.500. The van der Waals surface area contributed by atoms with Gasteiger partial charge in [0.05, 0.1) is 0 Å². The fourth-order valence-electron chi connectivity index (χ4n) is 1.59. The SMILES string of the molecule is CCC(C)CN(C)C(=O)c1cc(Cl)nc(NN)c1. The van der Waals surface area contributed by atoms with Gasteiger partial charge in [0, 0.05) is 19.2 Å². The molecule has 0 aliphatic heterocycles. The van der Waals surface area contributed by atoms with Gasteiger partial charge in [-0.25, -0.2) is 10.8 Å². The number of hydrogen-bond acceptors (Lipinski definition) is 4. The van der Waals surface area contributed by atoms with Crippen molar-refractivity contribution < 1.29 is 4.79 Å². The van der Waals surface area contributed by atoms with E-state index in [9.17, 15) is 4.79 Å². The summed E-state index contributed by atoms with van der Waals surface area (Å²) in [4.78, 5) is 17.8. The summed E-state index contributed by atoms with van der Waals surface area (Å²) < 4.78 is 0. The molecule has 1 aromatic heterocycles. The highest BCUT2D eigenvalue weighted by Gasteiger charge is 2.15. The van der Waals surface area contributed by atoms with Crippen molar-refractivity contribution in [2.75, 3.05) is 19.0 Å². The van der Waals surface area contributed by atoms with Crippen LogP contribution in [0.25, 0.3) is 0 Å². The lowest BCUT2D eigenvalue weighted by Gasteiger charge is -2.21. The topological polar surface area (TPSA) is 71.2 Å². The first-order valence-corrected chi connectivity index (χ1v) is 6.25. The van der Waals surface area contributed by atoms with Crippen molar-refractivity contribution >= 4 is 23.3 Å². The van der Waals surface area contributed by atoms with Crippen molar-refractivity contribution in [3.63, 3.8) is 0 Å². The number of anilines is 1. The maximum atomic E-state index is 12.2. The Morgan fingerprint density at radius 1 is 1.61 bits per heavy atom. The lowest BCUT2D eigenvalue weighted by Crippen LogP contribution is -2.31. The summed E-state index contributed by atoms with van der Waals surface area (Å²) in [5.41, 5.74) is 2.87. The molecular formula is C12H19ClN4O. The van der Waals surface area contributed by atoms with Gasteiger partial charge in [0.25, 0.3) is 5.91 Å². The molecule has 100 valence electrons. The minimum absolute atomic E-state index is 0.0869. The van der Waals surface area contributed by atoms with Crippen molar-refractivity contribution in [1.82, 2.24) is 9.88 Å². The molecule has 18 heavy (non-hydrogen) atoms. The van der Waals surface area contributed by atoms with E-state index in [4.69, 9.17) is 17.4 Å². The molecule has 0 aromatic carbocycles. The number of hydrogen-bond donors (Lipinski definition) is 2. The van der Waals surface area contributed by atoms with Gasteiger partial charge in [-0.15, -0.1) is 0 Å². The monoisotopic (exact) mass is 270 g/mol. The number of hydrazine groups is 1. The Bertz CT molecular complexity index is 425. The highest BCUT2D eigenvalue weighted by atomic mass is 35.5. The zero-order valence-corrected chi connectivity index (χ0v) is 11.7. The summed E-state index contributed by atoms with van der Waals surface area (Å²) in [6.45, 7) is 4.92. The number of pyridine rings is 1. The van der Waals surface area contributed by atoms with Crippen LogP contribution in [0.15, 0.2) is 12.1 Å². The molecule has 1 aromatic rings. The molecule has 0 fully saturated rings. The number of nitrogens with one attached hydrogen (secondary N) is 1. The molecule has 0 spiro atoms. The lowest BCUT2D eigenvalue weighted by molar-refractivity contribution is 0.0775. The Kier molecular flexibility index (Phi) is 5.37. The highest BCUT2D eigenvalue weighted by molar-refractivity contribution is 6.29. The Balaban J connectivity index is 2.86. The second-order valence-corrected chi connectivity index (χ2v) is 4.79. The van der Waals surface area contributed by atoms with E-state index in [-0.39, 0.29) is 11.1 Å². The van der Waals surface area contributed by atoms with E-state index < -0.39 is 0 Å². The third-order valence-corrected chi connectivity index (χ3v) is 3.01. The number of carbonyl (C=O) groups excluding carboxylic acids is 1. The van der Waals surface area contributed by atoms with E-state index >= 15 is 0 Å². The first-order valence-electron chi connectivity index (χ1n) is 5.87. The number of halogens is 1. The van der Waals surface area contributed by atoms with Gasteiger partial charge in [0.1, 0.15) is 11.0 Å². The van der Waals surface area contributed by atoms with Gasteiger partial charge in [-0.05, 0) is 18.1 Å². The number of nitrogens with two attached hydrogens (primary N) is 1. The molecule has 1 rings (SSSR count). The lowest BCUT2D eigenvalue weighted by atomic mass is 10.1. The van der Waals surface area contributed by atoms with Gasteiger partial charge in [0.2, 0.25) is 0 Å². The van der Waals surface area contributed by atoms with E-state index in [0.717, 1.165) is 6.42 Å². The zero-order chi connectivity index (χ0) is 13.7. The molecule has 0 saturated carbocycles. The Morgan fingerprint density at radius 3 is 2.83 bits per heavy atom. The summed E-state index contributed by atoms with van der Waals surface area (Å²) in [6.07, 6.45) is 1.03. The van der Waals surface area contributed by atoms with Crippen LogP contribution in [0.2, 0.25) is 5.15 Å². The number of amides is 1. The van der Waals surface area contributed by atoms with Crippen LogP contribution in [-0.2, 0) is 0 Å². The molecule has 1 amide bonds. The van der Waals surface area contributed by atoms with Crippen molar-refractivity contribution in [3.8, 4) is 0 Å². The van der Waals surface area contributed by atoms with E-state index in [2.05, 4.69) is 24.3 Å². The second kappa shape index (κ2) is 6.56. The van der Waals surface area contributed by atoms with Crippen molar-refractivity contribution in [1.29, 1.82) is 0 Å². The summed E-state index contributed by atoms with van der Waals surface area (Å²) >= 11 is 5.83. The minimum Gasteiger partial charge on any atom is -0.341 e. The number of rotatable bonds is 5. The molecule has 5 nitrogen and oxygen atoms in total. The van der Waals surface area contributed by atoms with Crippen LogP contribution in [0.4, 0.5) is 5.82 Å². The largest absolute Gasteiger partial charge is 0.341 e. The number of carbonyl (C=O) groups is 1. The van der Waals surface area contributed by atoms with Gasteiger partial charge in [-0.3, -0.25) is 4.79 Å². The molecule has 1 atom stereocenters. The normalized spacial score (nSPS) is 12.1. The Morgan fingerprint density at radius 2 is 2.28 bits per heavy atom. The van der Waals surface area contributed by atoms with Crippen molar-refractivity contribution in [2.24, 2.45) is 11.8 Å². The molecule has 6 heteroatoms. The third kappa shape index (κ3) is 3.85. The standard InChI is InChI=1S/C12H19ClN4O/c1-4-8(2)7-17(3)12(18)9-5-10(13)15-11(6-9)16-14/h5-6,8H,4,7,14H2,1-3H3,(H,15,16). The van der Waals surface area contributed by atoms with Crippen LogP contribution in [0.5, 0.6) is 0 Å². The van der Waals surface area contributed by atoms with Gasteiger partial charge in [-0.1, -0.05) is 31.9 Å². The average molecular weight is 271 g/mol. The van der Waals surface area contributed by atoms with Crippen LogP contribution in [0.3, 0.4) is 0 Å². The van der Waals surface area contributed by atoms with Crippen LogP contribution in [-0.4, -0.2) is 29.4 Å². The third-order valence-electron chi connectivity index (χ3n) is 2.82. The average Bonchev–Trinajstić information content (AvgIpc) is 2.36. The van der Waals surface area contributed by atoms with E-state index in [1.165, 1.54) is 6.07 Å². The van der Waals surface area contributed by atoms with Crippen LogP contribution >= 0.6 is 11.6 Å². The van der Waals surface area contributed by atoms with Gasteiger partial charge in [0.15, 0.2) is 0 Å². The first kappa shape index (κ1) is 14.7. The fourth-order valence-corrected chi connectivity index (χ4v) is 1.80. The highest BCUT2D eigenvalue weighted by Crippen LogP contribution is 2.16. The minimum atomic E-state index is -0.0869. The maximum absolute atomic E-state index is 12.2. The van der Waals surface area contributed by atoms with E-state index in [0.29, 0.717) is 23.8 Å². The molecule has 0 aliphatic carbocycles. The Labute approximate surface area is 112 Å². The molecular weight excluding hydrogens is 252 g/mol. The number of nitrogen functional groups attached to an aromatic ring is 1. The molecule has 1 unspecified atom stereocenters. The van der Waals surface area contributed by atoms with E-state index in [1.54, 1.807) is 18.0 Å². The smallest absolute Gasteiger partial charge is 0.253 e. The summed E-state index contributed by atoms with van der Waals surface area (Å²) in [5.74, 6) is 6.02. The molecule has 3 N–H and O–H groups in total. The van der Waals surface area contributed by atoms with Crippen molar-refractivity contribution in [2.45, 2.75) is 20.3 Å². The van der Waals surface area contributed by atoms with Crippen LogP contribution in [0.1, 0.15) is 30.6 Å². The molecule has 0 saturated heterocycles. The quantitative estimate of drug-likeness (QED) is 0.489. The molecule has 1 heterocycles.